The molecule has 13 heavy (non-hydrogen) atoms. The van der Waals surface area contributed by atoms with Gasteiger partial charge in [0, 0.05) is 0 Å². The van der Waals surface area contributed by atoms with Crippen molar-refractivity contribution in [1.29, 1.82) is 0 Å². The van der Waals surface area contributed by atoms with E-state index in [1.165, 1.54) is 0 Å². The molecule has 0 atom stereocenters. The lowest BCUT2D eigenvalue weighted by Crippen LogP contribution is -2.47. The van der Waals surface area contributed by atoms with Gasteiger partial charge in [0.05, 0.1) is 18.6 Å². The molecular formula is C10H18O3. The molecule has 0 radical (unpaired) electrons. The van der Waals surface area contributed by atoms with Crippen molar-refractivity contribution in [3.63, 3.8) is 0 Å². The Morgan fingerprint density at radius 3 is 2.23 bits per heavy atom. The summed E-state index contributed by atoms with van der Waals surface area (Å²) >= 11 is 0. The lowest BCUT2D eigenvalue weighted by molar-refractivity contribution is -0.278. The van der Waals surface area contributed by atoms with E-state index in [4.69, 9.17) is 9.47 Å². The molecule has 0 aromatic heterocycles. The molecule has 0 bridgehead atoms. The van der Waals surface area contributed by atoms with Gasteiger partial charge in [-0.15, -0.1) is 0 Å². The molecule has 1 rings (SSSR count). The van der Waals surface area contributed by atoms with Crippen molar-refractivity contribution in [2.45, 2.75) is 39.4 Å². The van der Waals surface area contributed by atoms with Crippen LogP contribution in [0.25, 0.3) is 0 Å². The van der Waals surface area contributed by atoms with E-state index in [0.717, 1.165) is 19.1 Å². The van der Waals surface area contributed by atoms with Crippen molar-refractivity contribution < 1.29 is 14.3 Å². The quantitative estimate of drug-likeness (QED) is 0.630. The number of aldehydes is 1. The molecule has 3 heteroatoms. The van der Waals surface area contributed by atoms with Gasteiger partial charge >= 0.3 is 0 Å². The third kappa shape index (κ3) is 2.51. The van der Waals surface area contributed by atoms with Crippen molar-refractivity contribution in [3.8, 4) is 0 Å². The van der Waals surface area contributed by atoms with E-state index in [1.807, 2.05) is 13.8 Å². The lowest BCUT2D eigenvalue weighted by Gasteiger charge is -2.40. The minimum absolute atomic E-state index is 0.399. The van der Waals surface area contributed by atoms with Gasteiger partial charge in [-0.2, -0.15) is 0 Å². The highest BCUT2D eigenvalue weighted by atomic mass is 16.7. The van der Waals surface area contributed by atoms with Gasteiger partial charge < -0.3 is 14.3 Å². The number of rotatable bonds is 3. The fourth-order valence-corrected chi connectivity index (χ4v) is 1.49. The number of ether oxygens (including phenoxy) is 2. The predicted molar refractivity (Wildman–Crippen MR) is 49.4 cm³/mol. The summed E-state index contributed by atoms with van der Waals surface area (Å²) in [5.41, 5.74) is -0.399. The van der Waals surface area contributed by atoms with Crippen molar-refractivity contribution in [2.75, 3.05) is 13.2 Å². The van der Waals surface area contributed by atoms with E-state index < -0.39 is 11.2 Å². The first-order chi connectivity index (χ1) is 6.04. The van der Waals surface area contributed by atoms with E-state index in [9.17, 15) is 4.79 Å². The second-order valence-corrected chi connectivity index (χ2v) is 4.21. The molecule has 1 fully saturated rings. The molecule has 0 saturated carbocycles. The zero-order chi connectivity index (χ0) is 9.95. The molecule has 0 amide bonds. The molecular weight excluding hydrogens is 168 g/mol. The normalized spacial score (nSPS) is 25.5. The van der Waals surface area contributed by atoms with Crippen LogP contribution in [0.3, 0.4) is 0 Å². The largest absolute Gasteiger partial charge is 0.349 e. The molecule has 0 N–H and O–H groups in total. The van der Waals surface area contributed by atoms with Gasteiger partial charge in [0.1, 0.15) is 6.29 Å². The van der Waals surface area contributed by atoms with Gasteiger partial charge in [0.25, 0.3) is 0 Å². The van der Waals surface area contributed by atoms with Crippen LogP contribution in [0.5, 0.6) is 0 Å². The first-order valence-corrected chi connectivity index (χ1v) is 4.78. The Balaban J connectivity index is 2.57. The highest BCUT2D eigenvalue weighted by molar-refractivity contribution is 5.60. The van der Waals surface area contributed by atoms with E-state index in [0.29, 0.717) is 13.2 Å². The fourth-order valence-electron chi connectivity index (χ4n) is 1.49. The molecule has 76 valence electrons. The first kappa shape index (κ1) is 10.7. The summed E-state index contributed by atoms with van der Waals surface area (Å²) in [6.07, 6.45) is 2.80. The van der Waals surface area contributed by atoms with Crippen LogP contribution >= 0.6 is 0 Å². The van der Waals surface area contributed by atoms with Crippen LogP contribution < -0.4 is 0 Å². The number of hydrogen-bond donors (Lipinski definition) is 0. The van der Waals surface area contributed by atoms with Gasteiger partial charge in [0.15, 0.2) is 5.79 Å². The highest BCUT2D eigenvalue weighted by Gasteiger charge is 2.39. The van der Waals surface area contributed by atoms with Gasteiger partial charge in [-0.25, -0.2) is 0 Å². The number of carbonyl (C=O) groups excluding carboxylic acids is 1. The third-order valence-electron chi connectivity index (χ3n) is 2.41. The van der Waals surface area contributed by atoms with Crippen molar-refractivity contribution in [3.05, 3.63) is 0 Å². The van der Waals surface area contributed by atoms with E-state index in [1.54, 1.807) is 0 Å². The summed E-state index contributed by atoms with van der Waals surface area (Å²) in [7, 11) is 0. The van der Waals surface area contributed by atoms with Gasteiger partial charge in [-0.3, -0.25) is 0 Å². The fraction of sp³-hybridized carbons (Fsp3) is 0.900. The Hall–Kier alpha value is -0.410. The first-order valence-electron chi connectivity index (χ1n) is 4.78. The highest BCUT2D eigenvalue weighted by Crippen LogP contribution is 2.31. The Labute approximate surface area is 79.4 Å². The average Bonchev–Trinajstić information content (AvgIpc) is 2.10. The molecule has 0 aliphatic carbocycles. The topological polar surface area (TPSA) is 35.5 Å². The summed E-state index contributed by atoms with van der Waals surface area (Å²) in [4.78, 5) is 10.9. The number of carbonyl (C=O) groups is 1. The average molecular weight is 186 g/mol. The van der Waals surface area contributed by atoms with Gasteiger partial charge in [0.2, 0.25) is 0 Å². The smallest absolute Gasteiger partial charge is 0.162 e. The minimum Gasteiger partial charge on any atom is -0.349 e. The maximum absolute atomic E-state index is 10.9. The van der Waals surface area contributed by atoms with Gasteiger partial charge in [-0.05, 0) is 20.3 Å². The zero-order valence-electron chi connectivity index (χ0n) is 8.63. The van der Waals surface area contributed by atoms with Crippen LogP contribution in [0.4, 0.5) is 0 Å². The van der Waals surface area contributed by atoms with Crippen LogP contribution in [0.1, 0.15) is 33.6 Å². The lowest BCUT2D eigenvalue weighted by atomic mass is 9.86. The second-order valence-electron chi connectivity index (χ2n) is 4.21. The van der Waals surface area contributed by atoms with Crippen LogP contribution in [0.15, 0.2) is 0 Å². The van der Waals surface area contributed by atoms with Crippen molar-refractivity contribution >= 4 is 6.29 Å². The zero-order valence-corrected chi connectivity index (χ0v) is 8.63. The van der Waals surface area contributed by atoms with E-state index >= 15 is 0 Å². The predicted octanol–water partition coefficient (Wildman–Crippen LogP) is 1.75. The Bertz CT molecular complexity index is 177. The van der Waals surface area contributed by atoms with Crippen molar-refractivity contribution in [2.24, 2.45) is 5.41 Å². The molecule has 0 aromatic rings. The molecule has 1 heterocycles. The van der Waals surface area contributed by atoms with Crippen LogP contribution in [0, 0.1) is 5.41 Å². The summed E-state index contributed by atoms with van der Waals surface area (Å²) < 4.78 is 10.9. The molecule has 0 spiro atoms. The summed E-state index contributed by atoms with van der Waals surface area (Å²) in [6, 6.07) is 0. The summed E-state index contributed by atoms with van der Waals surface area (Å²) in [5.74, 6) is -0.528. The summed E-state index contributed by atoms with van der Waals surface area (Å²) in [6.45, 7) is 6.76. The molecule has 3 nitrogen and oxygen atoms in total. The third-order valence-corrected chi connectivity index (χ3v) is 2.41. The van der Waals surface area contributed by atoms with E-state index in [2.05, 4.69) is 6.92 Å². The summed E-state index contributed by atoms with van der Waals surface area (Å²) in [5, 5.41) is 0. The maximum atomic E-state index is 10.9. The molecule has 1 aliphatic heterocycles. The molecule has 1 aliphatic rings. The van der Waals surface area contributed by atoms with Crippen LogP contribution in [0.2, 0.25) is 0 Å². The second kappa shape index (κ2) is 3.76. The van der Waals surface area contributed by atoms with Crippen LogP contribution in [-0.4, -0.2) is 25.3 Å². The van der Waals surface area contributed by atoms with Crippen LogP contribution in [-0.2, 0) is 14.3 Å². The minimum atomic E-state index is -0.528. The maximum Gasteiger partial charge on any atom is 0.162 e. The molecule has 0 aromatic carbocycles. The molecule has 0 unspecified atom stereocenters. The standard InChI is InChI=1S/C10H18O3/c1-4-5-10(6-11)7-12-9(2,3)13-8-10/h6H,4-5,7-8H2,1-3H3. The van der Waals surface area contributed by atoms with E-state index in [-0.39, 0.29) is 0 Å². The Morgan fingerprint density at radius 1 is 1.31 bits per heavy atom. The Morgan fingerprint density at radius 2 is 1.85 bits per heavy atom. The molecule has 1 saturated heterocycles. The number of hydrogen-bond acceptors (Lipinski definition) is 3. The van der Waals surface area contributed by atoms with Gasteiger partial charge in [-0.1, -0.05) is 13.3 Å². The van der Waals surface area contributed by atoms with Crippen molar-refractivity contribution in [1.82, 2.24) is 0 Å². The Kier molecular flexibility index (Phi) is 3.09. The monoisotopic (exact) mass is 186 g/mol. The SMILES string of the molecule is CCCC1(C=O)COC(C)(C)OC1.